The van der Waals surface area contributed by atoms with Crippen LogP contribution in [0.1, 0.15) is 20.7 Å². The molecular formula is C15H18N2O4. The van der Waals surface area contributed by atoms with Crippen molar-refractivity contribution < 1.29 is 19.2 Å². The van der Waals surface area contributed by atoms with Crippen LogP contribution in [-0.4, -0.2) is 37.2 Å². The van der Waals surface area contributed by atoms with Crippen LogP contribution in [0.4, 0.5) is 5.69 Å². The van der Waals surface area contributed by atoms with Crippen LogP contribution in [0.3, 0.4) is 0 Å². The molecule has 0 atom stereocenters. The van der Waals surface area contributed by atoms with E-state index in [0.717, 1.165) is 5.06 Å². The molecule has 0 saturated heterocycles. The number of nitrogens with zero attached hydrogens (tertiary/aromatic N) is 1. The molecule has 6 heteroatoms. The Kier molecular flexibility index (Phi) is 6.16. The van der Waals surface area contributed by atoms with Crippen LogP contribution in [0.5, 0.6) is 0 Å². The number of anilines is 1. The van der Waals surface area contributed by atoms with E-state index in [-0.39, 0.29) is 30.0 Å². The van der Waals surface area contributed by atoms with Gasteiger partial charge in [0.05, 0.1) is 12.2 Å². The van der Waals surface area contributed by atoms with Crippen LogP contribution in [0.2, 0.25) is 0 Å². The predicted molar refractivity (Wildman–Crippen MR) is 79.6 cm³/mol. The number of hydrogen-bond donors (Lipinski definition) is 1. The number of carbonyl (C=O) groups excluding carboxylic acids is 2. The molecular weight excluding hydrogens is 272 g/mol. The van der Waals surface area contributed by atoms with E-state index in [2.05, 4.69) is 13.2 Å². The van der Waals surface area contributed by atoms with Crippen LogP contribution in [0, 0.1) is 0 Å². The first kappa shape index (κ1) is 16.5. The maximum Gasteiger partial charge on any atom is 0.338 e. The summed E-state index contributed by atoms with van der Waals surface area (Å²) in [6.45, 7) is 7.22. The van der Waals surface area contributed by atoms with E-state index in [1.807, 2.05) is 0 Å². The van der Waals surface area contributed by atoms with Crippen molar-refractivity contribution in [1.29, 1.82) is 0 Å². The van der Waals surface area contributed by atoms with Gasteiger partial charge in [-0.2, -0.15) is 0 Å². The average Bonchev–Trinajstić information content (AvgIpc) is 2.48. The molecule has 0 spiro atoms. The lowest BCUT2D eigenvalue weighted by Gasteiger charge is -2.16. The zero-order valence-corrected chi connectivity index (χ0v) is 11.9. The predicted octanol–water partition coefficient (Wildman–Crippen LogP) is 1.80. The Balaban J connectivity index is 2.95. The Morgan fingerprint density at radius 1 is 1.19 bits per heavy atom. The van der Waals surface area contributed by atoms with E-state index in [1.54, 1.807) is 0 Å². The Labute approximate surface area is 123 Å². The molecule has 112 valence electrons. The summed E-state index contributed by atoms with van der Waals surface area (Å²) in [7, 11) is 1.46. The highest BCUT2D eigenvalue weighted by atomic mass is 16.7. The fraction of sp³-hybridized carbons (Fsp3) is 0.200. The number of hydrogen-bond acceptors (Lipinski definition) is 5. The summed E-state index contributed by atoms with van der Waals surface area (Å²) >= 11 is 0. The number of benzene rings is 1. The second-order valence-electron chi connectivity index (χ2n) is 4.12. The van der Waals surface area contributed by atoms with E-state index in [0.29, 0.717) is 0 Å². The number of nitrogens with two attached hydrogens (primary N) is 1. The second-order valence-corrected chi connectivity index (χ2v) is 4.12. The molecule has 0 radical (unpaired) electrons. The van der Waals surface area contributed by atoms with Gasteiger partial charge in [-0.25, -0.2) is 9.86 Å². The van der Waals surface area contributed by atoms with Gasteiger partial charge in [0.25, 0.3) is 5.91 Å². The van der Waals surface area contributed by atoms with Crippen molar-refractivity contribution in [2.45, 2.75) is 0 Å². The van der Waals surface area contributed by atoms with Crippen LogP contribution >= 0.6 is 0 Å². The molecule has 0 fully saturated rings. The Morgan fingerprint density at radius 3 is 2.43 bits per heavy atom. The number of ether oxygens (including phenoxy) is 1. The number of nitrogen functional groups attached to an aromatic ring is 1. The van der Waals surface area contributed by atoms with E-state index in [4.69, 9.17) is 15.3 Å². The molecule has 1 rings (SSSR count). The summed E-state index contributed by atoms with van der Waals surface area (Å²) in [6.07, 6.45) is 2.97. The SMILES string of the molecule is C=CCOC(=O)c1cc(N)cc(C(=O)N(C)OCC=C)c1. The standard InChI is InChI=1S/C15H18N2O4/c1-4-6-20-15(19)12-8-11(9-13(16)10-12)14(18)17(3)21-7-5-2/h4-5,8-10H,1-2,6-7,16H2,3H3. The minimum atomic E-state index is -0.578. The van der Waals surface area contributed by atoms with Gasteiger partial charge in [0, 0.05) is 18.3 Å². The van der Waals surface area contributed by atoms with E-state index in [9.17, 15) is 9.59 Å². The van der Waals surface area contributed by atoms with Gasteiger partial charge in [0.1, 0.15) is 6.61 Å². The van der Waals surface area contributed by atoms with E-state index < -0.39 is 11.9 Å². The number of amides is 1. The molecule has 6 nitrogen and oxygen atoms in total. The molecule has 2 N–H and O–H groups in total. The molecule has 0 aromatic heterocycles. The largest absolute Gasteiger partial charge is 0.458 e. The maximum absolute atomic E-state index is 12.1. The van der Waals surface area contributed by atoms with Crippen molar-refractivity contribution >= 4 is 17.6 Å². The molecule has 0 unspecified atom stereocenters. The smallest absolute Gasteiger partial charge is 0.338 e. The van der Waals surface area contributed by atoms with Crippen LogP contribution in [-0.2, 0) is 9.57 Å². The highest BCUT2D eigenvalue weighted by Gasteiger charge is 2.16. The van der Waals surface area contributed by atoms with Crippen molar-refractivity contribution in [3.63, 3.8) is 0 Å². The molecule has 0 bridgehead atoms. The van der Waals surface area contributed by atoms with Gasteiger partial charge >= 0.3 is 5.97 Å². The van der Waals surface area contributed by atoms with Gasteiger partial charge in [-0.3, -0.25) is 9.63 Å². The number of esters is 1. The average molecular weight is 290 g/mol. The molecule has 0 saturated carbocycles. The molecule has 1 aromatic rings. The fourth-order valence-corrected chi connectivity index (χ4v) is 1.52. The molecule has 1 amide bonds. The van der Waals surface area contributed by atoms with E-state index in [1.165, 1.54) is 37.4 Å². The topological polar surface area (TPSA) is 81.9 Å². The van der Waals surface area contributed by atoms with Crippen molar-refractivity contribution in [3.05, 3.63) is 54.6 Å². The Hall–Kier alpha value is -2.60. The normalized spacial score (nSPS) is 9.76. The summed E-state index contributed by atoms with van der Waals surface area (Å²) in [6, 6.07) is 4.30. The molecule has 0 aliphatic rings. The quantitative estimate of drug-likeness (QED) is 0.358. The van der Waals surface area contributed by atoms with Gasteiger partial charge in [-0.15, -0.1) is 6.58 Å². The lowest BCUT2D eigenvalue weighted by Crippen LogP contribution is -2.27. The molecule has 1 aromatic carbocycles. The number of hydroxylamine groups is 2. The van der Waals surface area contributed by atoms with Crippen molar-refractivity contribution in [2.24, 2.45) is 0 Å². The highest BCUT2D eigenvalue weighted by Crippen LogP contribution is 2.15. The molecule has 0 heterocycles. The lowest BCUT2D eigenvalue weighted by molar-refractivity contribution is -0.0932. The summed E-state index contributed by atoms with van der Waals surface area (Å²) in [5.74, 6) is -1.01. The zero-order chi connectivity index (χ0) is 15.8. The first-order valence-electron chi connectivity index (χ1n) is 6.20. The van der Waals surface area contributed by atoms with E-state index >= 15 is 0 Å². The lowest BCUT2D eigenvalue weighted by atomic mass is 10.1. The van der Waals surface area contributed by atoms with Crippen LogP contribution in [0.25, 0.3) is 0 Å². The zero-order valence-electron chi connectivity index (χ0n) is 11.9. The summed E-state index contributed by atoms with van der Waals surface area (Å²) in [5.41, 5.74) is 6.41. The Morgan fingerprint density at radius 2 is 1.81 bits per heavy atom. The minimum absolute atomic E-state index is 0.0826. The Bertz CT molecular complexity index is 555. The summed E-state index contributed by atoms with van der Waals surface area (Å²) in [4.78, 5) is 29.0. The molecule has 0 aliphatic heterocycles. The maximum atomic E-state index is 12.1. The van der Waals surface area contributed by atoms with Gasteiger partial charge in [0.2, 0.25) is 0 Å². The fourth-order valence-electron chi connectivity index (χ4n) is 1.52. The second kappa shape index (κ2) is 7.86. The van der Waals surface area contributed by atoms with Gasteiger partial charge in [-0.1, -0.05) is 18.7 Å². The molecule has 21 heavy (non-hydrogen) atoms. The van der Waals surface area contributed by atoms with Crippen LogP contribution < -0.4 is 5.73 Å². The van der Waals surface area contributed by atoms with Gasteiger partial charge in [-0.05, 0) is 18.2 Å². The van der Waals surface area contributed by atoms with Crippen LogP contribution in [0.15, 0.2) is 43.5 Å². The number of rotatable bonds is 7. The monoisotopic (exact) mass is 290 g/mol. The third-order valence-electron chi connectivity index (χ3n) is 2.44. The third kappa shape index (κ3) is 4.77. The van der Waals surface area contributed by atoms with Crippen molar-refractivity contribution in [2.75, 3.05) is 26.0 Å². The van der Waals surface area contributed by atoms with Crippen molar-refractivity contribution in [3.8, 4) is 0 Å². The highest BCUT2D eigenvalue weighted by molar-refractivity contribution is 5.98. The summed E-state index contributed by atoms with van der Waals surface area (Å²) < 4.78 is 4.91. The third-order valence-corrected chi connectivity index (χ3v) is 2.44. The molecule has 0 aliphatic carbocycles. The number of carbonyl (C=O) groups is 2. The first-order valence-corrected chi connectivity index (χ1v) is 6.20. The minimum Gasteiger partial charge on any atom is -0.458 e. The van der Waals surface area contributed by atoms with Gasteiger partial charge in [0.15, 0.2) is 0 Å². The first-order chi connectivity index (χ1) is 9.99. The summed E-state index contributed by atoms with van der Waals surface area (Å²) in [5, 5.41) is 1.05. The van der Waals surface area contributed by atoms with Gasteiger partial charge < -0.3 is 10.5 Å². The van der Waals surface area contributed by atoms with Crippen molar-refractivity contribution in [1.82, 2.24) is 5.06 Å².